The van der Waals surface area contributed by atoms with Crippen molar-refractivity contribution in [3.05, 3.63) is 33.8 Å². The SMILES string of the molecule is O=C(CC(O)c1cc(Cl)cc(Cl)c1)NC1CCOC1. The standard InChI is InChI=1S/C13H15Cl2NO3/c14-9-3-8(4-10(15)5-9)12(17)6-13(18)16-11-1-2-19-7-11/h3-5,11-12,17H,1-2,6-7H2,(H,16,18). The highest BCUT2D eigenvalue weighted by Crippen LogP contribution is 2.25. The van der Waals surface area contributed by atoms with Crippen molar-refractivity contribution in [2.45, 2.75) is 25.0 Å². The first kappa shape index (κ1) is 14.6. The summed E-state index contributed by atoms with van der Waals surface area (Å²) in [6.45, 7) is 1.20. The summed E-state index contributed by atoms with van der Waals surface area (Å²) in [5.74, 6) is -0.209. The molecule has 19 heavy (non-hydrogen) atoms. The number of ether oxygens (including phenoxy) is 1. The molecule has 0 aromatic heterocycles. The molecule has 1 fully saturated rings. The fraction of sp³-hybridized carbons (Fsp3) is 0.462. The lowest BCUT2D eigenvalue weighted by atomic mass is 10.1. The minimum Gasteiger partial charge on any atom is -0.388 e. The summed E-state index contributed by atoms with van der Waals surface area (Å²) in [4.78, 5) is 11.8. The van der Waals surface area contributed by atoms with E-state index >= 15 is 0 Å². The highest BCUT2D eigenvalue weighted by atomic mass is 35.5. The van der Waals surface area contributed by atoms with Crippen LogP contribution in [-0.4, -0.2) is 30.3 Å². The number of amides is 1. The summed E-state index contributed by atoms with van der Waals surface area (Å²) in [5, 5.41) is 13.7. The van der Waals surface area contributed by atoms with Crippen LogP contribution in [0.5, 0.6) is 0 Å². The number of halogens is 2. The number of aliphatic hydroxyl groups excluding tert-OH is 1. The van der Waals surface area contributed by atoms with Gasteiger partial charge >= 0.3 is 0 Å². The molecule has 1 aromatic rings. The van der Waals surface area contributed by atoms with E-state index in [0.29, 0.717) is 28.8 Å². The molecule has 1 aliphatic heterocycles. The second-order valence-corrected chi connectivity index (χ2v) is 5.42. The zero-order chi connectivity index (χ0) is 13.8. The van der Waals surface area contributed by atoms with Crippen LogP contribution in [0.3, 0.4) is 0 Å². The number of carbonyl (C=O) groups excluding carboxylic acids is 1. The molecule has 1 aliphatic rings. The first-order valence-electron chi connectivity index (χ1n) is 6.06. The third-order valence-electron chi connectivity index (χ3n) is 2.94. The second-order valence-electron chi connectivity index (χ2n) is 4.55. The molecule has 0 radical (unpaired) electrons. The van der Waals surface area contributed by atoms with Gasteiger partial charge in [-0.15, -0.1) is 0 Å². The van der Waals surface area contributed by atoms with Crippen LogP contribution >= 0.6 is 23.2 Å². The van der Waals surface area contributed by atoms with Gasteiger partial charge in [0.2, 0.25) is 5.91 Å². The molecule has 6 heteroatoms. The third-order valence-corrected chi connectivity index (χ3v) is 3.38. The van der Waals surface area contributed by atoms with Gasteiger partial charge in [0, 0.05) is 16.7 Å². The van der Waals surface area contributed by atoms with Crippen molar-refractivity contribution >= 4 is 29.1 Å². The molecule has 0 spiro atoms. The van der Waals surface area contributed by atoms with Crippen molar-refractivity contribution in [1.82, 2.24) is 5.32 Å². The normalized spacial score (nSPS) is 20.3. The summed E-state index contributed by atoms with van der Waals surface area (Å²) >= 11 is 11.7. The number of aliphatic hydroxyl groups is 1. The van der Waals surface area contributed by atoms with Crippen LogP contribution in [0, 0.1) is 0 Å². The van der Waals surface area contributed by atoms with Crippen molar-refractivity contribution in [3.63, 3.8) is 0 Å². The Morgan fingerprint density at radius 3 is 2.68 bits per heavy atom. The van der Waals surface area contributed by atoms with E-state index in [1.165, 1.54) is 0 Å². The van der Waals surface area contributed by atoms with E-state index in [4.69, 9.17) is 27.9 Å². The minimum atomic E-state index is -0.918. The Labute approximate surface area is 121 Å². The maximum absolute atomic E-state index is 11.8. The monoisotopic (exact) mass is 303 g/mol. The molecular formula is C13H15Cl2NO3. The van der Waals surface area contributed by atoms with Crippen LogP contribution in [0.2, 0.25) is 10.0 Å². The maximum Gasteiger partial charge on any atom is 0.223 e. The van der Waals surface area contributed by atoms with E-state index in [-0.39, 0.29) is 18.4 Å². The van der Waals surface area contributed by atoms with E-state index in [0.717, 1.165) is 6.42 Å². The van der Waals surface area contributed by atoms with Gasteiger partial charge in [-0.25, -0.2) is 0 Å². The molecular weight excluding hydrogens is 289 g/mol. The van der Waals surface area contributed by atoms with Gasteiger partial charge in [0.25, 0.3) is 0 Å². The van der Waals surface area contributed by atoms with Crippen molar-refractivity contribution in [3.8, 4) is 0 Å². The van der Waals surface area contributed by atoms with Gasteiger partial charge in [0.05, 0.1) is 25.2 Å². The summed E-state index contributed by atoms with van der Waals surface area (Å²) in [5.41, 5.74) is 0.537. The average molecular weight is 304 g/mol. The van der Waals surface area contributed by atoms with Gasteiger partial charge < -0.3 is 15.2 Å². The molecule has 0 aliphatic carbocycles. The highest BCUT2D eigenvalue weighted by Gasteiger charge is 2.20. The van der Waals surface area contributed by atoms with Crippen molar-refractivity contribution in [2.75, 3.05) is 13.2 Å². The number of nitrogens with one attached hydrogen (secondary N) is 1. The molecule has 2 N–H and O–H groups in total. The van der Waals surface area contributed by atoms with Gasteiger partial charge in [-0.05, 0) is 30.2 Å². The number of hydrogen-bond donors (Lipinski definition) is 2. The van der Waals surface area contributed by atoms with Gasteiger partial charge in [-0.1, -0.05) is 23.2 Å². The van der Waals surface area contributed by atoms with Gasteiger partial charge in [0.15, 0.2) is 0 Å². The zero-order valence-corrected chi connectivity index (χ0v) is 11.7. The molecule has 1 aromatic carbocycles. The summed E-state index contributed by atoms with van der Waals surface area (Å²) in [7, 11) is 0. The molecule has 0 bridgehead atoms. The quantitative estimate of drug-likeness (QED) is 0.897. The van der Waals surface area contributed by atoms with Gasteiger partial charge in [-0.2, -0.15) is 0 Å². The molecule has 1 heterocycles. The maximum atomic E-state index is 11.8. The summed E-state index contributed by atoms with van der Waals surface area (Å²) < 4.78 is 5.17. The van der Waals surface area contributed by atoms with Crippen molar-refractivity contribution < 1.29 is 14.6 Å². The zero-order valence-electron chi connectivity index (χ0n) is 10.2. The number of rotatable bonds is 4. The Hall–Kier alpha value is -0.810. The van der Waals surface area contributed by atoms with E-state index in [2.05, 4.69) is 5.32 Å². The van der Waals surface area contributed by atoms with Crippen LogP contribution in [0.15, 0.2) is 18.2 Å². The molecule has 0 saturated carbocycles. The van der Waals surface area contributed by atoms with Gasteiger partial charge in [0.1, 0.15) is 0 Å². The smallest absolute Gasteiger partial charge is 0.223 e. The third kappa shape index (κ3) is 4.35. The highest BCUT2D eigenvalue weighted by molar-refractivity contribution is 6.34. The fourth-order valence-electron chi connectivity index (χ4n) is 2.00. The lowest BCUT2D eigenvalue weighted by Gasteiger charge is -2.14. The predicted octanol–water partition coefficient (Wildman–Crippen LogP) is 2.32. The Morgan fingerprint density at radius 2 is 2.11 bits per heavy atom. The topological polar surface area (TPSA) is 58.6 Å². The fourth-order valence-corrected chi connectivity index (χ4v) is 2.54. The number of hydrogen-bond acceptors (Lipinski definition) is 3. The Morgan fingerprint density at radius 1 is 1.42 bits per heavy atom. The summed E-state index contributed by atoms with van der Waals surface area (Å²) in [6.07, 6.45) is -0.128. The van der Waals surface area contributed by atoms with Crippen molar-refractivity contribution in [1.29, 1.82) is 0 Å². The number of carbonyl (C=O) groups is 1. The molecule has 2 rings (SSSR count). The second kappa shape index (κ2) is 6.57. The Kier molecular flexibility index (Phi) is 5.05. The van der Waals surface area contributed by atoms with Crippen LogP contribution in [0.25, 0.3) is 0 Å². The van der Waals surface area contributed by atoms with E-state index < -0.39 is 6.10 Å². The summed E-state index contributed by atoms with van der Waals surface area (Å²) in [6, 6.07) is 4.83. The minimum absolute atomic E-state index is 0.0207. The largest absolute Gasteiger partial charge is 0.388 e. The van der Waals surface area contributed by atoms with Gasteiger partial charge in [-0.3, -0.25) is 4.79 Å². The molecule has 104 valence electrons. The lowest BCUT2D eigenvalue weighted by Crippen LogP contribution is -2.35. The molecule has 2 unspecified atom stereocenters. The van der Waals surface area contributed by atoms with Crippen LogP contribution < -0.4 is 5.32 Å². The van der Waals surface area contributed by atoms with Crippen LogP contribution in [-0.2, 0) is 9.53 Å². The van der Waals surface area contributed by atoms with E-state index in [1.54, 1.807) is 18.2 Å². The Bertz CT molecular complexity index is 441. The van der Waals surface area contributed by atoms with Crippen LogP contribution in [0.4, 0.5) is 0 Å². The van der Waals surface area contributed by atoms with E-state index in [1.807, 2.05) is 0 Å². The van der Waals surface area contributed by atoms with Crippen LogP contribution in [0.1, 0.15) is 24.5 Å². The van der Waals surface area contributed by atoms with Crippen molar-refractivity contribution in [2.24, 2.45) is 0 Å². The number of benzene rings is 1. The molecule has 1 amide bonds. The average Bonchev–Trinajstić information content (AvgIpc) is 2.80. The molecule has 2 atom stereocenters. The Balaban J connectivity index is 1.92. The lowest BCUT2D eigenvalue weighted by molar-refractivity contribution is -0.123. The first-order valence-corrected chi connectivity index (χ1v) is 6.81. The first-order chi connectivity index (χ1) is 9.04. The molecule has 1 saturated heterocycles. The predicted molar refractivity (Wildman–Crippen MR) is 73.4 cm³/mol. The van der Waals surface area contributed by atoms with E-state index in [9.17, 15) is 9.90 Å². The molecule has 4 nitrogen and oxygen atoms in total.